The Morgan fingerprint density at radius 1 is 1.07 bits per heavy atom. The van der Waals surface area contributed by atoms with Crippen molar-refractivity contribution in [2.45, 2.75) is 19.9 Å². The third-order valence-corrected chi connectivity index (χ3v) is 4.72. The van der Waals surface area contributed by atoms with Crippen LogP contribution in [0.2, 0.25) is 0 Å². The third-order valence-electron chi connectivity index (χ3n) is 4.72. The SMILES string of the molecule is CCOc1ccc(CNc2ccc(C(=O)N3CCc4ccccc43)nn2)cc1. The van der Waals surface area contributed by atoms with E-state index in [2.05, 4.69) is 21.6 Å². The number of hydrogen-bond donors (Lipinski definition) is 1. The fourth-order valence-corrected chi connectivity index (χ4v) is 3.29. The van der Waals surface area contributed by atoms with Gasteiger partial charge in [-0.2, -0.15) is 0 Å². The van der Waals surface area contributed by atoms with Gasteiger partial charge in [0.2, 0.25) is 0 Å². The zero-order chi connectivity index (χ0) is 19.3. The smallest absolute Gasteiger partial charge is 0.278 e. The van der Waals surface area contributed by atoms with Crippen molar-refractivity contribution in [3.8, 4) is 5.75 Å². The normalized spacial score (nSPS) is 12.5. The minimum Gasteiger partial charge on any atom is -0.494 e. The van der Waals surface area contributed by atoms with Crippen molar-refractivity contribution in [2.75, 3.05) is 23.4 Å². The van der Waals surface area contributed by atoms with Gasteiger partial charge in [0.05, 0.1) is 6.61 Å². The quantitative estimate of drug-likeness (QED) is 0.713. The second-order valence-corrected chi connectivity index (χ2v) is 6.57. The van der Waals surface area contributed by atoms with Crippen molar-refractivity contribution in [2.24, 2.45) is 0 Å². The lowest BCUT2D eigenvalue weighted by Gasteiger charge is -2.16. The standard InChI is InChI=1S/C22H22N4O2/c1-2-28-18-9-7-16(8-10-18)15-23-21-12-11-19(24-25-21)22(27)26-14-13-17-5-3-4-6-20(17)26/h3-12H,2,13-15H2,1H3,(H,23,25). The van der Waals surface area contributed by atoms with Gasteiger partial charge >= 0.3 is 0 Å². The highest BCUT2D eigenvalue weighted by Crippen LogP contribution is 2.28. The lowest BCUT2D eigenvalue weighted by molar-refractivity contribution is 0.0983. The molecule has 4 rings (SSSR count). The summed E-state index contributed by atoms with van der Waals surface area (Å²) >= 11 is 0. The van der Waals surface area contributed by atoms with Crippen LogP contribution in [0.15, 0.2) is 60.7 Å². The highest BCUT2D eigenvalue weighted by Gasteiger charge is 2.26. The number of nitrogens with one attached hydrogen (secondary N) is 1. The van der Waals surface area contributed by atoms with E-state index in [0.717, 1.165) is 23.4 Å². The first-order chi connectivity index (χ1) is 13.7. The number of fused-ring (bicyclic) bond motifs is 1. The molecule has 0 unspecified atom stereocenters. The lowest BCUT2D eigenvalue weighted by Crippen LogP contribution is -2.29. The molecular formula is C22H22N4O2. The van der Waals surface area contributed by atoms with Crippen LogP contribution in [0, 0.1) is 0 Å². The van der Waals surface area contributed by atoms with E-state index in [9.17, 15) is 4.79 Å². The van der Waals surface area contributed by atoms with Crippen LogP contribution in [0.4, 0.5) is 11.5 Å². The van der Waals surface area contributed by atoms with Gasteiger partial charge in [0.1, 0.15) is 11.6 Å². The fourth-order valence-electron chi connectivity index (χ4n) is 3.29. The van der Waals surface area contributed by atoms with Crippen molar-refractivity contribution in [3.63, 3.8) is 0 Å². The van der Waals surface area contributed by atoms with Gasteiger partial charge in [-0.05, 0) is 54.8 Å². The molecule has 0 spiro atoms. The highest BCUT2D eigenvalue weighted by atomic mass is 16.5. The summed E-state index contributed by atoms with van der Waals surface area (Å²) in [6, 6.07) is 19.4. The maximum absolute atomic E-state index is 12.8. The van der Waals surface area contributed by atoms with Gasteiger partial charge in [-0.3, -0.25) is 4.79 Å². The molecule has 1 aromatic heterocycles. The van der Waals surface area contributed by atoms with Crippen LogP contribution in [0.25, 0.3) is 0 Å². The number of amides is 1. The molecule has 1 amide bonds. The van der Waals surface area contributed by atoms with Crippen LogP contribution < -0.4 is 15.0 Å². The summed E-state index contributed by atoms with van der Waals surface area (Å²) in [5, 5.41) is 11.5. The molecule has 6 heteroatoms. The Bertz CT molecular complexity index is 955. The molecule has 0 aliphatic carbocycles. The first-order valence-electron chi connectivity index (χ1n) is 9.43. The molecule has 142 valence electrons. The molecule has 1 aliphatic heterocycles. The number of rotatable bonds is 6. The Morgan fingerprint density at radius 2 is 1.89 bits per heavy atom. The third kappa shape index (κ3) is 3.81. The number of carbonyl (C=O) groups excluding carboxylic acids is 1. The number of nitrogens with zero attached hydrogens (tertiary/aromatic N) is 3. The average molecular weight is 374 g/mol. The van der Waals surface area contributed by atoms with Gasteiger partial charge in [-0.15, -0.1) is 10.2 Å². The maximum atomic E-state index is 12.8. The molecule has 0 radical (unpaired) electrons. The summed E-state index contributed by atoms with van der Waals surface area (Å²) in [7, 11) is 0. The van der Waals surface area contributed by atoms with Crippen molar-refractivity contribution in [1.29, 1.82) is 0 Å². The van der Waals surface area contributed by atoms with Crippen LogP contribution in [0.5, 0.6) is 5.75 Å². The predicted octanol–water partition coefficient (Wildman–Crippen LogP) is 3.69. The van der Waals surface area contributed by atoms with Crippen LogP contribution >= 0.6 is 0 Å². The van der Waals surface area contributed by atoms with Gasteiger partial charge in [0.25, 0.3) is 5.91 Å². The van der Waals surface area contributed by atoms with Crippen molar-refractivity contribution in [1.82, 2.24) is 10.2 Å². The van der Waals surface area contributed by atoms with Crippen LogP contribution in [-0.2, 0) is 13.0 Å². The summed E-state index contributed by atoms with van der Waals surface area (Å²) in [5.74, 6) is 1.38. The van der Waals surface area contributed by atoms with E-state index >= 15 is 0 Å². The van der Waals surface area contributed by atoms with E-state index < -0.39 is 0 Å². The molecule has 0 bridgehead atoms. The minimum atomic E-state index is -0.115. The van der Waals surface area contributed by atoms with E-state index in [1.54, 1.807) is 17.0 Å². The summed E-state index contributed by atoms with van der Waals surface area (Å²) in [6.07, 6.45) is 0.872. The molecule has 3 aromatic rings. The second-order valence-electron chi connectivity index (χ2n) is 6.57. The predicted molar refractivity (Wildman–Crippen MR) is 109 cm³/mol. The zero-order valence-corrected chi connectivity index (χ0v) is 15.8. The summed E-state index contributed by atoms with van der Waals surface area (Å²) in [4.78, 5) is 14.5. The zero-order valence-electron chi connectivity index (χ0n) is 15.8. The number of benzene rings is 2. The van der Waals surface area contributed by atoms with E-state index in [0.29, 0.717) is 31.2 Å². The molecule has 0 fully saturated rings. The number of aromatic nitrogens is 2. The van der Waals surface area contributed by atoms with E-state index in [1.165, 1.54) is 5.56 Å². The number of anilines is 2. The van der Waals surface area contributed by atoms with Gasteiger partial charge in [0, 0.05) is 18.8 Å². The Kier molecular flexibility index (Phi) is 5.19. The minimum absolute atomic E-state index is 0.115. The Morgan fingerprint density at radius 3 is 2.64 bits per heavy atom. The molecule has 0 atom stereocenters. The first kappa shape index (κ1) is 18.0. The van der Waals surface area contributed by atoms with Gasteiger partial charge in [-0.1, -0.05) is 30.3 Å². The molecule has 2 aromatic carbocycles. The Balaban J connectivity index is 1.38. The maximum Gasteiger partial charge on any atom is 0.278 e. The highest BCUT2D eigenvalue weighted by molar-refractivity contribution is 6.06. The molecule has 6 nitrogen and oxygen atoms in total. The van der Waals surface area contributed by atoms with Gasteiger partial charge in [-0.25, -0.2) is 0 Å². The monoisotopic (exact) mass is 374 g/mol. The molecule has 1 N–H and O–H groups in total. The summed E-state index contributed by atoms with van der Waals surface area (Å²) in [5.41, 5.74) is 3.62. The lowest BCUT2D eigenvalue weighted by atomic mass is 10.2. The second kappa shape index (κ2) is 8.08. The number of hydrogen-bond acceptors (Lipinski definition) is 5. The summed E-state index contributed by atoms with van der Waals surface area (Å²) < 4.78 is 5.44. The molecule has 0 saturated heterocycles. The van der Waals surface area contributed by atoms with Crippen molar-refractivity contribution >= 4 is 17.4 Å². The van der Waals surface area contributed by atoms with Crippen LogP contribution in [0.3, 0.4) is 0 Å². The Hall–Kier alpha value is -3.41. The van der Waals surface area contributed by atoms with E-state index in [4.69, 9.17) is 4.74 Å². The van der Waals surface area contributed by atoms with Crippen molar-refractivity contribution in [3.05, 3.63) is 77.5 Å². The number of para-hydroxylation sites is 1. The summed E-state index contributed by atoms with van der Waals surface area (Å²) in [6.45, 7) is 3.91. The van der Waals surface area contributed by atoms with E-state index in [1.807, 2.05) is 49.4 Å². The number of ether oxygens (including phenoxy) is 1. The van der Waals surface area contributed by atoms with E-state index in [-0.39, 0.29) is 5.91 Å². The van der Waals surface area contributed by atoms with Crippen LogP contribution in [-0.4, -0.2) is 29.3 Å². The fraction of sp³-hybridized carbons (Fsp3) is 0.227. The molecule has 0 saturated carbocycles. The topological polar surface area (TPSA) is 67.3 Å². The van der Waals surface area contributed by atoms with Gasteiger partial charge < -0.3 is 15.0 Å². The first-order valence-corrected chi connectivity index (χ1v) is 9.43. The molecule has 2 heterocycles. The Labute approximate surface area is 164 Å². The van der Waals surface area contributed by atoms with Gasteiger partial charge in [0.15, 0.2) is 5.69 Å². The van der Waals surface area contributed by atoms with Crippen molar-refractivity contribution < 1.29 is 9.53 Å². The molecule has 1 aliphatic rings. The van der Waals surface area contributed by atoms with Crippen LogP contribution in [0.1, 0.15) is 28.5 Å². The number of carbonyl (C=O) groups is 1. The largest absolute Gasteiger partial charge is 0.494 e. The molecular weight excluding hydrogens is 352 g/mol. The average Bonchev–Trinajstić information content (AvgIpc) is 3.17. The molecule has 28 heavy (non-hydrogen) atoms.